The van der Waals surface area contributed by atoms with Crippen molar-refractivity contribution in [2.75, 3.05) is 0 Å². The van der Waals surface area contributed by atoms with E-state index in [2.05, 4.69) is 4.74 Å². The van der Waals surface area contributed by atoms with E-state index in [1.54, 1.807) is 0 Å². The predicted molar refractivity (Wildman–Crippen MR) is 29.5 cm³/mol. The minimum atomic E-state index is -0.383. The van der Waals surface area contributed by atoms with E-state index in [1.807, 2.05) is 6.92 Å². The zero-order valence-corrected chi connectivity index (χ0v) is 5.22. The molecule has 3 heteroatoms. The molecule has 1 aliphatic rings. The standard InChI is InChI=1S/C6H8O3/c1-2-4-3-5(7)9-6(4)8/h4H,2-3H2,1H3. The highest BCUT2D eigenvalue weighted by Crippen LogP contribution is 2.18. The monoisotopic (exact) mass is 128 g/mol. The lowest BCUT2D eigenvalue weighted by Gasteiger charge is -1.93. The van der Waals surface area contributed by atoms with Crippen LogP contribution in [0.1, 0.15) is 19.8 Å². The third-order valence-electron chi connectivity index (χ3n) is 1.45. The Hall–Kier alpha value is -0.860. The molecule has 0 aromatic heterocycles. The third-order valence-corrected chi connectivity index (χ3v) is 1.45. The molecule has 1 saturated heterocycles. The first-order valence-corrected chi connectivity index (χ1v) is 2.98. The van der Waals surface area contributed by atoms with E-state index in [1.165, 1.54) is 0 Å². The van der Waals surface area contributed by atoms with E-state index in [0.717, 1.165) is 0 Å². The smallest absolute Gasteiger partial charge is 0.317 e. The first-order valence-electron chi connectivity index (χ1n) is 2.98. The number of ether oxygens (including phenoxy) is 1. The van der Waals surface area contributed by atoms with Gasteiger partial charge in [-0.25, -0.2) is 0 Å². The molecule has 1 aliphatic heterocycles. The summed E-state index contributed by atoms with van der Waals surface area (Å²) in [5.74, 6) is -0.910. The Bertz CT molecular complexity index is 150. The molecule has 0 saturated carbocycles. The van der Waals surface area contributed by atoms with Crippen LogP contribution in [0.4, 0.5) is 0 Å². The summed E-state index contributed by atoms with van der Waals surface area (Å²) in [6.45, 7) is 1.87. The Morgan fingerprint density at radius 1 is 1.67 bits per heavy atom. The van der Waals surface area contributed by atoms with Crippen LogP contribution in [0.25, 0.3) is 0 Å². The van der Waals surface area contributed by atoms with Crippen LogP contribution in [0.3, 0.4) is 0 Å². The highest BCUT2D eigenvalue weighted by Gasteiger charge is 2.31. The SMILES string of the molecule is CCC1CC(=O)OC1=O. The normalized spacial score (nSPS) is 26.6. The maximum atomic E-state index is 10.6. The summed E-state index contributed by atoms with van der Waals surface area (Å²) in [5, 5.41) is 0. The van der Waals surface area contributed by atoms with Gasteiger partial charge in [-0.05, 0) is 6.42 Å². The van der Waals surface area contributed by atoms with Crippen molar-refractivity contribution < 1.29 is 14.3 Å². The molecule has 50 valence electrons. The highest BCUT2D eigenvalue weighted by molar-refractivity contribution is 5.94. The maximum absolute atomic E-state index is 10.6. The van der Waals surface area contributed by atoms with Crippen LogP contribution in [0, 0.1) is 5.92 Å². The largest absolute Gasteiger partial charge is 0.393 e. The fraction of sp³-hybridized carbons (Fsp3) is 0.667. The van der Waals surface area contributed by atoms with Crippen LogP contribution in [-0.4, -0.2) is 11.9 Å². The zero-order chi connectivity index (χ0) is 6.85. The molecule has 0 spiro atoms. The van der Waals surface area contributed by atoms with Gasteiger partial charge in [0.25, 0.3) is 0 Å². The van der Waals surface area contributed by atoms with Crippen molar-refractivity contribution in [3.05, 3.63) is 0 Å². The lowest BCUT2D eigenvalue weighted by atomic mass is 10.1. The topological polar surface area (TPSA) is 43.4 Å². The molecule has 0 aromatic rings. The van der Waals surface area contributed by atoms with E-state index in [4.69, 9.17) is 0 Å². The molecule has 3 nitrogen and oxygen atoms in total. The van der Waals surface area contributed by atoms with E-state index >= 15 is 0 Å². The van der Waals surface area contributed by atoms with Crippen LogP contribution in [0.5, 0.6) is 0 Å². The number of hydrogen-bond donors (Lipinski definition) is 0. The fourth-order valence-electron chi connectivity index (χ4n) is 0.833. The number of carbonyl (C=O) groups is 2. The van der Waals surface area contributed by atoms with Crippen molar-refractivity contribution in [1.82, 2.24) is 0 Å². The van der Waals surface area contributed by atoms with Gasteiger partial charge in [-0.3, -0.25) is 9.59 Å². The highest BCUT2D eigenvalue weighted by atomic mass is 16.6. The van der Waals surface area contributed by atoms with E-state index in [9.17, 15) is 9.59 Å². The summed E-state index contributed by atoms with van der Waals surface area (Å²) in [6.07, 6.45) is 0.972. The average Bonchev–Trinajstić information content (AvgIpc) is 2.10. The minimum Gasteiger partial charge on any atom is -0.393 e. The molecule has 1 unspecified atom stereocenters. The third kappa shape index (κ3) is 1.09. The van der Waals surface area contributed by atoms with E-state index < -0.39 is 0 Å². The number of hydrogen-bond acceptors (Lipinski definition) is 3. The van der Waals surface area contributed by atoms with Gasteiger partial charge in [-0.2, -0.15) is 0 Å². The van der Waals surface area contributed by atoms with Crippen LogP contribution in [0.2, 0.25) is 0 Å². The van der Waals surface area contributed by atoms with Gasteiger partial charge in [-0.1, -0.05) is 6.92 Å². The molecule has 1 atom stereocenters. The van der Waals surface area contributed by atoms with Crippen LogP contribution in [0.15, 0.2) is 0 Å². The molecule has 9 heavy (non-hydrogen) atoms. The van der Waals surface area contributed by atoms with Gasteiger partial charge in [-0.15, -0.1) is 0 Å². The predicted octanol–water partition coefficient (Wildman–Crippen LogP) is 0.486. The van der Waals surface area contributed by atoms with Gasteiger partial charge in [0, 0.05) is 0 Å². The van der Waals surface area contributed by atoms with Crippen LogP contribution < -0.4 is 0 Å². The Morgan fingerprint density at radius 2 is 2.33 bits per heavy atom. The molecular weight excluding hydrogens is 120 g/mol. The molecule has 1 heterocycles. The summed E-state index contributed by atoms with van der Waals surface area (Å²) in [7, 11) is 0. The maximum Gasteiger partial charge on any atom is 0.317 e. The van der Waals surface area contributed by atoms with Gasteiger partial charge >= 0.3 is 11.9 Å². The molecule has 0 radical (unpaired) electrons. The van der Waals surface area contributed by atoms with Crippen LogP contribution >= 0.6 is 0 Å². The lowest BCUT2D eigenvalue weighted by Crippen LogP contribution is -2.04. The summed E-state index contributed by atoms with van der Waals surface area (Å²) >= 11 is 0. The number of esters is 2. The van der Waals surface area contributed by atoms with E-state index in [-0.39, 0.29) is 24.3 Å². The Balaban J connectivity index is 2.58. The van der Waals surface area contributed by atoms with Crippen molar-refractivity contribution >= 4 is 11.9 Å². The second kappa shape index (κ2) is 2.17. The Morgan fingerprint density at radius 3 is 2.56 bits per heavy atom. The average molecular weight is 128 g/mol. The molecule has 1 fully saturated rings. The summed E-state index contributed by atoms with van der Waals surface area (Å²) < 4.78 is 4.29. The summed E-state index contributed by atoms with van der Waals surface area (Å²) in [6, 6.07) is 0. The Kier molecular flexibility index (Phi) is 1.51. The molecule has 1 rings (SSSR count). The first kappa shape index (κ1) is 6.26. The van der Waals surface area contributed by atoms with Crippen molar-refractivity contribution in [1.29, 1.82) is 0 Å². The summed E-state index contributed by atoms with van der Waals surface area (Å²) in [4.78, 5) is 21.0. The van der Waals surface area contributed by atoms with Crippen molar-refractivity contribution in [3.8, 4) is 0 Å². The Labute approximate surface area is 53.0 Å². The van der Waals surface area contributed by atoms with Crippen molar-refractivity contribution in [2.24, 2.45) is 5.92 Å². The van der Waals surface area contributed by atoms with Gasteiger partial charge in [0.15, 0.2) is 0 Å². The number of rotatable bonds is 1. The molecular formula is C6H8O3. The molecule has 0 aromatic carbocycles. The van der Waals surface area contributed by atoms with Crippen molar-refractivity contribution in [3.63, 3.8) is 0 Å². The number of carbonyl (C=O) groups excluding carboxylic acids is 2. The molecule has 0 amide bonds. The fourth-order valence-corrected chi connectivity index (χ4v) is 0.833. The second-order valence-electron chi connectivity index (χ2n) is 2.10. The van der Waals surface area contributed by atoms with Gasteiger partial charge in [0.1, 0.15) is 0 Å². The van der Waals surface area contributed by atoms with Crippen LogP contribution in [-0.2, 0) is 14.3 Å². The second-order valence-corrected chi connectivity index (χ2v) is 2.10. The van der Waals surface area contributed by atoms with Gasteiger partial charge < -0.3 is 4.74 Å². The quantitative estimate of drug-likeness (QED) is 0.381. The number of cyclic esters (lactones) is 2. The van der Waals surface area contributed by atoms with Gasteiger partial charge in [0.2, 0.25) is 0 Å². The van der Waals surface area contributed by atoms with E-state index in [0.29, 0.717) is 6.42 Å². The molecule has 0 bridgehead atoms. The van der Waals surface area contributed by atoms with Crippen molar-refractivity contribution in [2.45, 2.75) is 19.8 Å². The molecule has 0 aliphatic carbocycles. The zero-order valence-electron chi connectivity index (χ0n) is 5.22. The van der Waals surface area contributed by atoms with Gasteiger partial charge in [0.05, 0.1) is 12.3 Å². The first-order chi connectivity index (χ1) is 4.24. The summed E-state index contributed by atoms with van der Waals surface area (Å²) in [5.41, 5.74) is 0. The molecule has 0 N–H and O–H groups in total. The lowest BCUT2D eigenvalue weighted by molar-refractivity contribution is -0.153. The minimum absolute atomic E-state index is 0.169.